The van der Waals surface area contributed by atoms with Crippen LogP contribution < -0.4 is 10.1 Å². The summed E-state index contributed by atoms with van der Waals surface area (Å²) in [5, 5.41) is 32.4. The van der Waals surface area contributed by atoms with Crippen LogP contribution in [0.5, 0.6) is 11.5 Å². The Hall–Kier alpha value is -3.35. The van der Waals surface area contributed by atoms with E-state index in [-0.39, 0.29) is 11.8 Å². The van der Waals surface area contributed by atoms with Gasteiger partial charge in [0.1, 0.15) is 18.1 Å². The highest BCUT2D eigenvalue weighted by Crippen LogP contribution is 2.30. The van der Waals surface area contributed by atoms with E-state index >= 15 is 0 Å². The molecule has 0 fully saturated rings. The van der Waals surface area contributed by atoms with Gasteiger partial charge in [-0.05, 0) is 84.5 Å². The highest BCUT2D eigenvalue weighted by Gasteiger charge is 2.16. The monoisotopic (exact) mass is 463 g/mol. The minimum absolute atomic E-state index is 0.171. The number of hydrogen-bond acceptors (Lipinski definition) is 5. The number of carbonyl (C=O) groups is 1. The van der Waals surface area contributed by atoms with Crippen molar-refractivity contribution in [2.75, 3.05) is 13.2 Å². The zero-order chi connectivity index (χ0) is 24.7. The SMILES string of the molecule is CCCc1cc(C(=O)O)ccc1-c1ccc(OCCN[C@@H](C)[C@H](O)c2ccc(O)cc2)c(C)c1. The summed E-state index contributed by atoms with van der Waals surface area (Å²) in [4.78, 5) is 11.3. The molecule has 34 heavy (non-hydrogen) atoms. The van der Waals surface area contributed by atoms with E-state index in [2.05, 4.69) is 18.3 Å². The van der Waals surface area contributed by atoms with Gasteiger partial charge in [0.05, 0.1) is 11.7 Å². The van der Waals surface area contributed by atoms with E-state index in [1.54, 1.807) is 36.4 Å². The molecule has 0 saturated heterocycles. The van der Waals surface area contributed by atoms with Crippen LogP contribution in [0.1, 0.15) is 53.4 Å². The zero-order valence-corrected chi connectivity index (χ0v) is 19.9. The molecule has 3 aromatic carbocycles. The predicted octanol–water partition coefficient (Wildman–Crippen LogP) is 5.11. The average Bonchev–Trinajstić information content (AvgIpc) is 2.82. The standard InChI is InChI=1S/C28H33NO5/c1-4-5-21-17-23(28(32)33)8-12-25(21)22-9-13-26(18(2)16-22)34-15-14-29-19(3)27(31)20-6-10-24(30)11-7-20/h6-13,16-17,19,27,29-31H,4-5,14-15H2,1-3H3,(H,32,33)/t19-,27-/m0/s1. The Morgan fingerprint density at radius 3 is 2.44 bits per heavy atom. The summed E-state index contributed by atoms with van der Waals surface area (Å²) in [5.41, 5.74) is 5.15. The fourth-order valence-corrected chi connectivity index (χ4v) is 3.98. The summed E-state index contributed by atoms with van der Waals surface area (Å²) in [6.07, 6.45) is 1.06. The van der Waals surface area contributed by atoms with Crippen LogP contribution in [0.3, 0.4) is 0 Å². The normalized spacial score (nSPS) is 12.8. The fourth-order valence-electron chi connectivity index (χ4n) is 3.98. The lowest BCUT2D eigenvalue weighted by Gasteiger charge is -2.21. The molecule has 6 heteroatoms. The molecule has 0 radical (unpaired) electrons. The number of aliphatic hydroxyl groups excluding tert-OH is 1. The molecule has 0 aliphatic carbocycles. The second-order valence-electron chi connectivity index (χ2n) is 8.53. The van der Waals surface area contributed by atoms with Gasteiger partial charge in [-0.15, -0.1) is 0 Å². The Balaban J connectivity index is 1.59. The van der Waals surface area contributed by atoms with Crippen LogP contribution in [-0.4, -0.2) is 40.5 Å². The van der Waals surface area contributed by atoms with E-state index < -0.39 is 12.1 Å². The number of aromatic hydroxyl groups is 1. The molecule has 2 atom stereocenters. The van der Waals surface area contributed by atoms with Gasteiger partial charge < -0.3 is 25.4 Å². The fraction of sp³-hybridized carbons (Fsp3) is 0.321. The quantitative estimate of drug-likeness (QED) is 0.295. The van der Waals surface area contributed by atoms with Gasteiger partial charge in [-0.2, -0.15) is 0 Å². The number of aryl methyl sites for hydroxylation is 2. The number of carboxylic acid groups (broad SMARTS) is 1. The van der Waals surface area contributed by atoms with Crippen molar-refractivity contribution >= 4 is 5.97 Å². The molecule has 0 amide bonds. The van der Waals surface area contributed by atoms with Crippen molar-refractivity contribution < 1.29 is 24.9 Å². The van der Waals surface area contributed by atoms with Crippen molar-refractivity contribution in [1.82, 2.24) is 5.32 Å². The van der Waals surface area contributed by atoms with Gasteiger partial charge in [0, 0.05) is 12.6 Å². The molecule has 0 heterocycles. The molecule has 0 unspecified atom stereocenters. The molecule has 3 aromatic rings. The largest absolute Gasteiger partial charge is 0.508 e. The van der Waals surface area contributed by atoms with Crippen LogP contribution in [0.4, 0.5) is 0 Å². The first-order valence-electron chi connectivity index (χ1n) is 11.6. The number of phenolic OH excluding ortho intramolecular Hbond substituents is 1. The van der Waals surface area contributed by atoms with Gasteiger partial charge >= 0.3 is 5.97 Å². The molecule has 0 aliphatic heterocycles. The Morgan fingerprint density at radius 2 is 1.79 bits per heavy atom. The Morgan fingerprint density at radius 1 is 1.06 bits per heavy atom. The number of carboxylic acids is 1. The van der Waals surface area contributed by atoms with E-state index in [4.69, 9.17) is 4.74 Å². The van der Waals surface area contributed by atoms with Crippen LogP contribution in [0.2, 0.25) is 0 Å². The molecule has 6 nitrogen and oxygen atoms in total. The Bertz CT molecular complexity index is 1110. The highest BCUT2D eigenvalue weighted by atomic mass is 16.5. The number of ether oxygens (including phenoxy) is 1. The molecule has 180 valence electrons. The van der Waals surface area contributed by atoms with Gasteiger partial charge in [0.2, 0.25) is 0 Å². The van der Waals surface area contributed by atoms with Crippen LogP contribution in [-0.2, 0) is 6.42 Å². The maximum absolute atomic E-state index is 11.3. The van der Waals surface area contributed by atoms with E-state index in [0.29, 0.717) is 18.7 Å². The molecular formula is C28H33NO5. The van der Waals surface area contributed by atoms with Crippen molar-refractivity contribution in [2.24, 2.45) is 0 Å². The van der Waals surface area contributed by atoms with Crippen LogP contribution >= 0.6 is 0 Å². The number of rotatable bonds is 11. The van der Waals surface area contributed by atoms with Crippen LogP contribution in [0.15, 0.2) is 60.7 Å². The first-order chi connectivity index (χ1) is 16.3. The number of phenols is 1. The maximum Gasteiger partial charge on any atom is 0.335 e. The highest BCUT2D eigenvalue weighted by molar-refractivity contribution is 5.89. The van der Waals surface area contributed by atoms with Crippen molar-refractivity contribution in [2.45, 2.75) is 45.8 Å². The van der Waals surface area contributed by atoms with Crippen molar-refractivity contribution in [3.05, 3.63) is 82.9 Å². The Kier molecular flexibility index (Phi) is 8.68. The number of nitrogens with one attached hydrogen (secondary N) is 1. The van der Waals surface area contributed by atoms with Gasteiger partial charge in [-0.25, -0.2) is 4.79 Å². The van der Waals surface area contributed by atoms with Gasteiger partial charge in [-0.3, -0.25) is 0 Å². The second-order valence-corrected chi connectivity index (χ2v) is 8.53. The van der Waals surface area contributed by atoms with Crippen molar-refractivity contribution in [3.63, 3.8) is 0 Å². The summed E-state index contributed by atoms with van der Waals surface area (Å²) in [7, 11) is 0. The predicted molar refractivity (Wildman–Crippen MR) is 134 cm³/mol. The minimum atomic E-state index is -0.914. The average molecular weight is 464 g/mol. The third-order valence-electron chi connectivity index (χ3n) is 5.89. The lowest BCUT2D eigenvalue weighted by atomic mass is 9.94. The first-order valence-corrected chi connectivity index (χ1v) is 11.6. The van der Waals surface area contributed by atoms with Crippen molar-refractivity contribution in [3.8, 4) is 22.6 Å². The van der Waals surface area contributed by atoms with Gasteiger partial charge in [-0.1, -0.05) is 37.6 Å². The summed E-state index contributed by atoms with van der Waals surface area (Å²) >= 11 is 0. The molecule has 0 aromatic heterocycles. The first kappa shape index (κ1) is 25.3. The lowest BCUT2D eigenvalue weighted by Crippen LogP contribution is -2.35. The summed E-state index contributed by atoms with van der Waals surface area (Å²) in [6.45, 7) is 6.99. The van der Waals surface area contributed by atoms with E-state index in [1.807, 2.05) is 32.0 Å². The maximum atomic E-state index is 11.3. The van der Waals surface area contributed by atoms with Crippen LogP contribution in [0, 0.1) is 6.92 Å². The molecule has 0 spiro atoms. The van der Waals surface area contributed by atoms with E-state index in [1.165, 1.54) is 0 Å². The minimum Gasteiger partial charge on any atom is -0.508 e. The third kappa shape index (κ3) is 6.37. The van der Waals surface area contributed by atoms with E-state index in [9.17, 15) is 20.1 Å². The number of aliphatic hydroxyl groups is 1. The molecule has 4 N–H and O–H groups in total. The van der Waals surface area contributed by atoms with Crippen molar-refractivity contribution in [1.29, 1.82) is 0 Å². The zero-order valence-electron chi connectivity index (χ0n) is 19.9. The lowest BCUT2D eigenvalue weighted by molar-refractivity contribution is 0.0696. The smallest absolute Gasteiger partial charge is 0.335 e. The summed E-state index contributed by atoms with van der Waals surface area (Å²) in [6, 6.07) is 17.7. The van der Waals surface area contributed by atoms with Gasteiger partial charge in [0.25, 0.3) is 0 Å². The Labute approximate surface area is 200 Å². The second kappa shape index (κ2) is 11.7. The van der Waals surface area contributed by atoms with Gasteiger partial charge in [0.15, 0.2) is 0 Å². The van der Waals surface area contributed by atoms with E-state index in [0.717, 1.165) is 46.4 Å². The molecule has 0 saturated carbocycles. The van der Waals surface area contributed by atoms with Crippen LogP contribution in [0.25, 0.3) is 11.1 Å². The summed E-state index contributed by atoms with van der Waals surface area (Å²) < 4.78 is 5.95. The molecule has 0 bridgehead atoms. The third-order valence-corrected chi connectivity index (χ3v) is 5.89. The topological polar surface area (TPSA) is 99.0 Å². The molecule has 0 aliphatic rings. The molecule has 3 rings (SSSR count). The number of benzene rings is 3. The number of hydrogen-bond donors (Lipinski definition) is 4. The summed E-state index contributed by atoms with van der Waals surface area (Å²) in [5.74, 6) is 0.0454. The number of aromatic carboxylic acids is 1. The molecular weight excluding hydrogens is 430 g/mol.